The van der Waals surface area contributed by atoms with Crippen LogP contribution in [0.4, 0.5) is 37.2 Å². The monoisotopic (exact) mass is 725 g/mol. The van der Waals surface area contributed by atoms with Crippen molar-refractivity contribution in [3.8, 4) is 16.9 Å². The Morgan fingerprint density at radius 3 is 1.79 bits per heavy atom. The predicted octanol–water partition coefficient (Wildman–Crippen LogP) is 7.40. The van der Waals surface area contributed by atoms with Gasteiger partial charge in [-0.1, -0.05) is 74.5 Å². The van der Waals surface area contributed by atoms with Crippen LogP contribution in [-0.2, 0) is 25.7 Å². The zero-order valence-corrected chi connectivity index (χ0v) is 28.1. The summed E-state index contributed by atoms with van der Waals surface area (Å²) in [6.07, 6.45) is -3.13. The van der Waals surface area contributed by atoms with Crippen LogP contribution in [0.1, 0.15) is 43.6 Å². The van der Waals surface area contributed by atoms with Crippen LogP contribution in [-0.4, -0.2) is 48.1 Å². The van der Waals surface area contributed by atoms with Gasteiger partial charge in [0, 0.05) is 23.9 Å². The van der Waals surface area contributed by atoms with Gasteiger partial charge in [0.1, 0.15) is 18.7 Å². The van der Waals surface area contributed by atoms with Crippen LogP contribution < -0.4 is 15.4 Å². The van der Waals surface area contributed by atoms with E-state index in [-0.39, 0.29) is 11.6 Å². The van der Waals surface area contributed by atoms with Gasteiger partial charge in [-0.3, -0.25) is 14.5 Å². The summed E-state index contributed by atoms with van der Waals surface area (Å²) in [5, 5.41) is 5.24. The normalized spacial score (nSPS) is 13.0. The molecule has 0 saturated carbocycles. The third-order valence-corrected chi connectivity index (χ3v) is 8.29. The number of fused-ring (bicyclic) bond motifs is 3. The lowest BCUT2D eigenvalue weighted by atomic mass is 10.0. The maximum Gasteiger partial charge on any atom is 0.514 e. The van der Waals surface area contributed by atoms with Crippen LogP contribution in [0.25, 0.3) is 11.1 Å². The fourth-order valence-electron chi connectivity index (χ4n) is 5.69. The molecule has 2 atom stereocenters. The first-order valence-electron chi connectivity index (χ1n) is 15.9. The topological polar surface area (TPSA) is 123 Å². The van der Waals surface area contributed by atoms with Crippen molar-refractivity contribution in [1.29, 1.82) is 0 Å². The molecule has 4 aromatic rings. The molecular formula is C37H32F5N3O7. The van der Waals surface area contributed by atoms with Crippen LogP contribution >= 0.6 is 0 Å². The molecule has 1 aliphatic carbocycles. The predicted molar refractivity (Wildman–Crippen MR) is 176 cm³/mol. The van der Waals surface area contributed by atoms with Crippen LogP contribution in [0.5, 0.6) is 5.75 Å². The highest BCUT2D eigenvalue weighted by atomic mass is 19.2. The quantitative estimate of drug-likeness (QED) is 0.0574. The second-order valence-corrected chi connectivity index (χ2v) is 12.2. The second-order valence-electron chi connectivity index (χ2n) is 12.2. The number of nitrogens with zero attached hydrogens (tertiary/aromatic N) is 1. The molecule has 0 aromatic heterocycles. The zero-order valence-electron chi connectivity index (χ0n) is 28.1. The Labute approximate surface area is 294 Å². The van der Waals surface area contributed by atoms with E-state index in [1.54, 1.807) is 13.8 Å². The summed E-state index contributed by atoms with van der Waals surface area (Å²) in [4.78, 5) is 52.9. The van der Waals surface area contributed by atoms with Crippen molar-refractivity contribution in [2.24, 2.45) is 5.92 Å². The number of nitrogens with one attached hydrogen (secondary N) is 2. The van der Waals surface area contributed by atoms with Crippen molar-refractivity contribution in [2.75, 3.05) is 12.4 Å². The molecule has 15 heteroatoms. The number of anilines is 1. The van der Waals surface area contributed by atoms with Crippen molar-refractivity contribution >= 4 is 29.8 Å². The maximum atomic E-state index is 13.8. The fourth-order valence-corrected chi connectivity index (χ4v) is 5.69. The van der Waals surface area contributed by atoms with Gasteiger partial charge in [0.2, 0.25) is 46.6 Å². The Balaban J connectivity index is 1.14. The molecule has 0 spiro atoms. The molecular weight excluding hydrogens is 693 g/mol. The van der Waals surface area contributed by atoms with Crippen LogP contribution in [0.15, 0.2) is 72.8 Å². The highest BCUT2D eigenvalue weighted by Gasteiger charge is 2.36. The molecule has 10 nitrogen and oxygen atoms in total. The Hall–Kier alpha value is -5.99. The first kappa shape index (κ1) is 37.3. The van der Waals surface area contributed by atoms with Crippen molar-refractivity contribution in [2.45, 2.75) is 45.6 Å². The lowest BCUT2D eigenvalue weighted by Gasteiger charge is -2.31. The molecule has 0 heterocycles. The van der Waals surface area contributed by atoms with Gasteiger partial charge in [0.05, 0.1) is 0 Å². The Morgan fingerprint density at radius 1 is 0.731 bits per heavy atom. The van der Waals surface area contributed by atoms with E-state index in [9.17, 15) is 41.1 Å². The summed E-state index contributed by atoms with van der Waals surface area (Å²) in [5.41, 5.74) is 4.14. The number of carbonyl (C=O) groups is 4. The van der Waals surface area contributed by atoms with E-state index in [0.717, 1.165) is 22.3 Å². The first-order valence-corrected chi connectivity index (χ1v) is 15.9. The van der Waals surface area contributed by atoms with E-state index in [0.29, 0.717) is 5.56 Å². The van der Waals surface area contributed by atoms with E-state index in [1.165, 1.54) is 43.1 Å². The highest BCUT2D eigenvalue weighted by molar-refractivity contribution is 5.98. The lowest BCUT2D eigenvalue weighted by Crippen LogP contribution is -2.54. The number of hydrogen-bond donors (Lipinski definition) is 2. The highest BCUT2D eigenvalue weighted by Crippen LogP contribution is 2.45. The van der Waals surface area contributed by atoms with Gasteiger partial charge in [-0.2, -0.15) is 8.78 Å². The minimum absolute atomic E-state index is 0.275. The molecule has 3 amide bonds. The van der Waals surface area contributed by atoms with Crippen LogP contribution in [0.2, 0.25) is 0 Å². The molecule has 4 aromatic carbocycles. The van der Waals surface area contributed by atoms with Gasteiger partial charge in [-0.25, -0.2) is 22.8 Å². The summed E-state index contributed by atoms with van der Waals surface area (Å²) < 4.78 is 82.2. The largest absolute Gasteiger partial charge is 0.514 e. The summed E-state index contributed by atoms with van der Waals surface area (Å²) in [6.45, 7) is 4.43. The maximum absolute atomic E-state index is 13.8. The van der Waals surface area contributed by atoms with Gasteiger partial charge in [-0.05, 0) is 41.7 Å². The van der Waals surface area contributed by atoms with Gasteiger partial charge < -0.3 is 24.8 Å². The summed E-state index contributed by atoms with van der Waals surface area (Å²) in [7, 11) is 1.45. The Kier molecular flexibility index (Phi) is 11.1. The van der Waals surface area contributed by atoms with E-state index >= 15 is 0 Å². The average Bonchev–Trinajstić information content (AvgIpc) is 3.44. The summed E-state index contributed by atoms with van der Waals surface area (Å²) >= 11 is 0. The van der Waals surface area contributed by atoms with Crippen molar-refractivity contribution < 1.29 is 55.3 Å². The molecule has 0 radical (unpaired) electrons. The third kappa shape index (κ3) is 7.67. The van der Waals surface area contributed by atoms with E-state index in [1.807, 2.05) is 48.5 Å². The third-order valence-electron chi connectivity index (χ3n) is 8.29. The molecule has 0 aliphatic heterocycles. The molecule has 2 N–H and O–H groups in total. The Morgan fingerprint density at radius 2 is 1.25 bits per heavy atom. The number of carbonyl (C=O) groups excluding carboxylic acids is 4. The minimum Gasteiger partial charge on any atom is -0.436 e. The number of ether oxygens (including phenoxy) is 3. The molecule has 1 aliphatic rings. The number of halogens is 5. The van der Waals surface area contributed by atoms with Crippen LogP contribution in [0, 0.1) is 35.0 Å². The van der Waals surface area contributed by atoms with Gasteiger partial charge in [0.25, 0.3) is 0 Å². The smallest absolute Gasteiger partial charge is 0.436 e. The number of likely N-dealkylation sites (N-methyl/N-ethyl adjacent to an activating group) is 1. The fraction of sp³-hybridized carbons (Fsp3) is 0.243. The van der Waals surface area contributed by atoms with Crippen molar-refractivity contribution in [3.63, 3.8) is 0 Å². The number of amides is 3. The molecule has 0 fully saturated rings. The SMILES string of the molecule is CC(C)[C@@H](C(=O)N[C@@H](C)C(=O)Nc1ccc(COC(=O)Oc2c(F)c(F)c(F)c(F)c2F)cc1)N(C)C(=O)OC1c2ccccc2-c2ccccc21. The first-order chi connectivity index (χ1) is 24.7. The summed E-state index contributed by atoms with van der Waals surface area (Å²) in [6, 6.07) is 18.8. The van der Waals surface area contributed by atoms with Gasteiger partial charge in [-0.15, -0.1) is 0 Å². The van der Waals surface area contributed by atoms with E-state index < -0.39 is 83.7 Å². The lowest BCUT2D eigenvalue weighted by molar-refractivity contribution is -0.130. The molecule has 0 bridgehead atoms. The number of hydrogen-bond acceptors (Lipinski definition) is 7. The van der Waals surface area contributed by atoms with E-state index in [2.05, 4.69) is 15.4 Å². The van der Waals surface area contributed by atoms with Crippen molar-refractivity contribution in [1.82, 2.24) is 10.2 Å². The minimum atomic E-state index is -2.41. The summed E-state index contributed by atoms with van der Waals surface area (Å²) in [5.74, 6) is -15.0. The number of benzene rings is 4. The zero-order chi connectivity index (χ0) is 37.9. The molecule has 272 valence electrons. The average molecular weight is 726 g/mol. The van der Waals surface area contributed by atoms with E-state index in [4.69, 9.17) is 9.47 Å². The molecule has 52 heavy (non-hydrogen) atoms. The Bertz CT molecular complexity index is 1950. The van der Waals surface area contributed by atoms with Crippen molar-refractivity contribution in [3.05, 3.63) is 119 Å². The second kappa shape index (κ2) is 15.5. The molecule has 5 rings (SSSR count). The molecule has 0 unspecified atom stereocenters. The van der Waals surface area contributed by atoms with Gasteiger partial charge in [0.15, 0.2) is 6.10 Å². The molecule has 0 saturated heterocycles. The number of rotatable bonds is 10. The van der Waals surface area contributed by atoms with Crippen LogP contribution in [0.3, 0.4) is 0 Å². The standard InChI is InChI=1S/C37H32F5N3O7/c1-18(2)31(45(4)36(48)51-32-24-11-7-5-9-22(24)23-10-6-8-12-25(23)32)35(47)43-19(3)34(46)44-21-15-13-20(14-16-21)17-50-37(49)52-33-29(41)27(39)26(38)28(40)30(33)42/h5-16,18-19,31-32H,17H2,1-4H3,(H,43,47)(H,44,46)/t19-,31-/m0/s1. The van der Waals surface area contributed by atoms with Gasteiger partial charge >= 0.3 is 12.2 Å².